The normalized spacial score (nSPS) is 14.2. The molecule has 0 radical (unpaired) electrons. The molecule has 4 heteroatoms. The molecule has 0 heterocycles. The number of benzene rings is 1. The third kappa shape index (κ3) is 2.39. The smallest absolute Gasteiger partial charge is 0.159 e. The van der Waals surface area contributed by atoms with Crippen LogP contribution in [0, 0.1) is 11.6 Å². The molecule has 1 N–H and O–H groups in total. The molecule has 0 spiro atoms. The lowest BCUT2D eigenvalue weighted by molar-refractivity contribution is 0.0161. The second-order valence-corrected chi connectivity index (χ2v) is 4.62. The standard InChI is InChI=1S/C12H17F2NO/c1-12(2,15(3)4)11(16)8-5-6-9(13)10(14)7-8/h5-7,11,16H,1-4H3. The maximum Gasteiger partial charge on any atom is 0.159 e. The lowest BCUT2D eigenvalue weighted by atomic mass is 9.90. The van der Waals surface area contributed by atoms with Gasteiger partial charge < -0.3 is 10.0 Å². The summed E-state index contributed by atoms with van der Waals surface area (Å²) in [6.45, 7) is 3.66. The van der Waals surface area contributed by atoms with Crippen LogP contribution in [0.5, 0.6) is 0 Å². The molecule has 0 fully saturated rings. The molecule has 0 saturated carbocycles. The Labute approximate surface area is 94.5 Å². The van der Waals surface area contributed by atoms with Gasteiger partial charge in [-0.2, -0.15) is 0 Å². The van der Waals surface area contributed by atoms with Gasteiger partial charge in [-0.3, -0.25) is 0 Å². The van der Waals surface area contributed by atoms with E-state index in [1.165, 1.54) is 6.07 Å². The number of rotatable bonds is 3. The van der Waals surface area contributed by atoms with Crippen molar-refractivity contribution in [3.8, 4) is 0 Å². The van der Waals surface area contributed by atoms with Gasteiger partial charge in [-0.15, -0.1) is 0 Å². The van der Waals surface area contributed by atoms with Crippen molar-refractivity contribution in [1.29, 1.82) is 0 Å². The summed E-state index contributed by atoms with van der Waals surface area (Å²) in [5.41, 5.74) is -0.179. The van der Waals surface area contributed by atoms with Gasteiger partial charge in [0.15, 0.2) is 11.6 Å². The zero-order valence-electron chi connectivity index (χ0n) is 9.96. The molecular formula is C12H17F2NO. The first kappa shape index (κ1) is 13.1. The summed E-state index contributed by atoms with van der Waals surface area (Å²) in [6, 6.07) is 3.46. The van der Waals surface area contributed by atoms with E-state index in [1.807, 2.05) is 32.8 Å². The molecule has 1 aromatic carbocycles. The van der Waals surface area contributed by atoms with Crippen LogP contribution >= 0.6 is 0 Å². The first-order valence-corrected chi connectivity index (χ1v) is 5.07. The Balaban J connectivity index is 3.05. The zero-order chi connectivity index (χ0) is 12.5. The van der Waals surface area contributed by atoms with E-state index in [2.05, 4.69) is 0 Å². The van der Waals surface area contributed by atoms with E-state index in [4.69, 9.17) is 0 Å². The second-order valence-electron chi connectivity index (χ2n) is 4.62. The van der Waals surface area contributed by atoms with Crippen molar-refractivity contribution < 1.29 is 13.9 Å². The fourth-order valence-corrected chi connectivity index (χ4v) is 1.33. The Hall–Kier alpha value is -1.00. The average Bonchev–Trinajstić information content (AvgIpc) is 2.20. The van der Waals surface area contributed by atoms with E-state index < -0.39 is 23.3 Å². The molecule has 0 saturated heterocycles. The molecule has 2 nitrogen and oxygen atoms in total. The van der Waals surface area contributed by atoms with Crippen LogP contribution in [0.3, 0.4) is 0 Å². The largest absolute Gasteiger partial charge is 0.386 e. The van der Waals surface area contributed by atoms with Gasteiger partial charge in [0, 0.05) is 5.54 Å². The molecule has 0 aliphatic heterocycles. The maximum atomic E-state index is 13.0. The summed E-state index contributed by atoms with van der Waals surface area (Å²) in [5.74, 6) is -1.84. The third-order valence-electron chi connectivity index (χ3n) is 3.08. The van der Waals surface area contributed by atoms with Gasteiger partial charge in [0.25, 0.3) is 0 Å². The maximum absolute atomic E-state index is 13.0. The molecule has 0 aliphatic carbocycles. The molecule has 1 atom stereocenters. The van der Waals surface area contributed by atoms with E-state index in [0.717, 1.165) is 12.1 Å². The van der Waals surface area contributed by atoms with Crippen molar-refractivity contribution in [1.82, 2.24) is 4.90 Å². The molecule has 1 aromatic rings. The SMILES string of the molecule is CN(C)C(C)(C)C(O)c1ccc(F)c(F)c1. The minimum Gasteiger partial charge on any atom is -0.386 e. The van der Waals surface area contributed by atoms with Crippen molar-refractivity contribution in [2.75, 3.05) is 14.1 Å². The number of halogens is 2. The topological polar surface area (TPSA) is 23.5 Å². The van der Waals surface area contributed by atoms with Gasteiger partial charge in [0.2, 0.25) is 0 Å². The quantitative estimate of drug-likeness (QED) is 0.860. The van der Waals surface area contributed by atoms with Crippen LogP contribution in [0.15, 0.2) is 18.2 Å². The van der Waals surface area contributed by atoms with Gasteiger partial charge in [0.1, 0.15) is 0 Å². The predicted octanol–water partition coefficient (Wildman–Crippen LogP) is 2.34. The van der Waals surface area contributed by atoms with Crippen molar-refractivity contribution in [3.63, 3.8) is 0 Å². The molecular weight excluding hydrogens is 212 g/mol. The number of nitrogens with zero attached hydrogens (tertiary/aromatic N) is 1. The highest BCUT2D eigenvalue weighted by Gasteiger charge is 2.31. The van der Waals surface area contributed by atoms with Crippen LogP contribution in [-0.2, 0) is 0 Å². The molecule has 0 amide bonds. The van der Waals surface area contributed by atoms with Crippen LogP contribution in [0.4, 0.5) is 8.78 Å². The summed E-state index contributed by atoms with van der Waals surface area (Å²) >= 11 is 0. The minimum atomic E-state index is -0.939. The van der Waals surface area contributed by atoms with E-state index in [1.54, 1.807) is 0 Å². The number of hydrogen-bond donors (Lipinski definition) is 1. The van der Waals surface area contributed by atoms with Crippen LogP contribution in [0.2, 0.25) is 0 Å². The molecule has 90 valence electrons. The highest BCUT2D eigenvalue weighted by molar-refractivity contribution is 5.22. The molecule has 0 aromatic heterocycles. The number of aliphatic hydroxyl groups excluding tert-OH is 1. The van der Waals surface area contributed by atoms with Crippen LogP contribution in [-0.4, -0.2) is 29.6 Å². The van der Waals surface area contributed by atoms with E-state index in [-0.39, 0.29) is 0 Å². The van der Waals surface area contributed by atoms with Crippen molar-refractivity contribution in [2.24, 2.45) is 0 Å². The lowest BCUT2D eigenvalue weighted by Crippen LogP contribution is -2.43. The van der Waals surface area contributed by atoms with E-state index >= 15 is 0 Å². The van der Waals surface area contributed by atoms with Crippen LogP contribution < -0.4 is 0 Å². The highest BCUT2D eigenvalue weighted by atomic mass is 19.2. The molecule has 1 unspecified atom stereocenters. The van der Waals surface area contributed by atoms with Crippen LogP contribution in [0.1, 0.15) is 25.5 Å². The summed E-state index contributed by atoms with van der Waals surface area (Å²) in [5, 5.41) is 10.1. The third-order valence-corrected chi connectivity index (χ3v) is 3.08. The zero-order valence-corrected chi connectivity index (χ0v) is 9.96. The lowest BCUT2D eigenvalue weighted by Gasteiger charge is -2.37. The Morgan fingerprint density at radius 1 is 1.19 bits per heavy atom. The Morgan fingerprint density at radius 3 is 2.19 bits per heavy atom. The monoisotopic (exact) mass is 229 g/mol. The molecule has 0 aliphatic rings. The van der Waals surface area contributed by atoms with Crippen molar-refractivity contribution in [2.45, 2.75) is 25.5 Å². The predicted molar refractivity (Wildman–Crippen MR) is 59.1 cm³/mol. The first-order valence-electron chi connectivity index (χ1n) is 5.07. The second kappa shape index (κ2) is 4.47. The Bertz CT molecular complexity index is 377. The number of hydrogen-bond acceptors (Lipinski definition) is 2. The number of likely N-dealkylation sites (N-methyl/N-ethyl adjacent to an activating group) is 1. The summed E-state index contributed by atoms with van der Waals surface area (Å²) in [4.78, 5) is 1.83. The minimum absolute atomic E-state index is 0.373. The van der Waals surface area contributed by atoms with Gasteiger partial charge >= 0.3 is 0 Å². The molecule has 1 rings (SSSR count). The Kier molecular flexibility index (Phi) is 3.65. The average molecular weight is 229 g/mol. The van der Waals surface area contributed by atoms with Crippen molar-refractivity contribution in [3.05, 3.63) is 35.4 Å². The van der Waals surface area contributed by atoms with E-state index in [0.29, 0.717) is 5.56 Å². The fraction of sp³-hybridized carbons (Fsp3) is 0.500. The summed E-state index contributed by atoms with van der Waals surface area (Å²) in [7, 11) is 3.65. The van der Waals surface area contributed by atoms with Crippen LogP contribution in [0.25, 0.3) is 0 Å². The summed E-state index contributed by atoms with van der Waals surface area (Å²) in [6.07, 6.45) is -0.877. The highest BCUT2D eigenvalue weighted by Crippen LogP contribution is 2.29. The Morgan fingerprint density at radius 2 is 1.75 bits per heavy atom. The first-order chi connectivity index (χ1) is 7.26. The van der Waals surface area contributed by atoms with Crippen molar-refractivity contribution >= 4 is 0 Å². The van der Waals surface area contributed by atoms with Gasteiger partial charge in [-0.05, 0) is 45.6 Å². The van der Waals surface area contributed by atoms with E-state index in [9.17, 15) is 13.9 Å². The molecule has 16 heavy (non-hydrogen) atoms. The number of aliphatic hydroxyl groups is 1. The molecule has 0 bridgehead atoms. The van der Waals surface area contributed by atoms with Gasteiger partial charge in [0.05, 0.1) is 6.10 Å². The van der Waals surface area contributed by atoms with Gasteiger partial charge in [-0.25, -0.2) is 8.78 Å². The van der Waals surface area contributed by atoms with Gasteiger partial charge in [-0.1, -0.05) is 6.07 Å². The fourth-order valence-electron chi connectivity index (χ4n) is 1.33. The summed E-state index contributed by atoms with van der Waals surface area (Å²) < 4.78 is 25.8.